The van der Waals surface area contributed by atoms with E-state index in [-0.39, 0.29) is 23.6 Å². The highest BCUT2D eigenvalue weighted by molar-refractivity contribution is 5.75. The molecule has 3 aliphatic rings. The number of nitrogens with zero attached hydrogens (tertiary/aromatic N) is 5. The van der Waals surface area contributed by atoms with Crippen LogP contribution in [0.3, 0.4) is 0 Å². The smallest absolute Gasteiger partial charge is 0.410 e. The molecule has 0 atom stereocenters. The van der Waals surface area contributed by atoms with E-state index in [1.54, 1.807) is 24.0 Å². The van der Waals surface area contributed by atoms with Crippen molar-refractivity contribution in [1.82, 2.24) is 19.6 Å². The summed E-state index contributed by atoms with van der Waals surface area (Å²) in [6, 6.07) is 5.02. The second kappa shape index (κ2) is 10.2. The maximum atomic E-state index is 13.6. The Kier molecular flexibility index (Phi) is 7.09. The highest BCUT2D eigenvalue weighted by Gasteiger charge is 2.35. The fourth-order valence-electron chi connectivity index (χ4n) is 5.78. The van der Waals surface area contributed by atoms with Crippen molar-refractivity contribution in [3.63, 3.8) is 0 Å². The van der Waals surface area contributed by atoms with E-state index in [9.17, 15) is 18.4 Å². The predicted molar refractivity (Wildman–Crippen MR) is 140 cm³/mol. The lowest BCUT2D eigenvalue weighted by atomic mass is 9.98. The standard InChI is InChI=1S/C28H37F2N5O3/c1-18(36)33-15-11-23-22(17-33)26(34-12-5-6-19-7-8-20(25(29)30)16-24(19)34)31-35(23)21-9-13-32(14-10-21)27(37)38-28(2,3)4/h7-8,16,21,25H,5-6,9-15,17H2,1-4H3. The van der Waals surface area contributed by atoms with Crippen molar-refractivity contribution in [2.45, 2.75) is 84.4 Å². The molecule has 8 nitrogen and oxygen atoms in total. The number of aromatic nitrogens is 2. The van der Waals surface area contributed by atoms with Crippen molar-refractivity contribution in [1.29, 1.82) is 0 Å². The summed E-state index contributed by atoms with van der Waals surface area (Å²) < 4.78 is 34.8. The minimum Gasteiger partial charge on any atom is -0.444 e. The molecule has 1 saturated heterocycles. The number of fused-ring (bicyclic) bond motifs is 2. The van der Waals surface area contributed by atoms with Gasteiger partial charge in [-0.1, -0.05) is 12.1 Å². The van der Waals surface area contributed by atoms with Gasteiger partial charge in [0.25, 0.3) is 6.43 Å². The van der Waals surface area contributed by atoms with Gasteiger partial charge in [-0.2, -0.15) is 5.10 Å². The number of rotatable bonds is 3. The Morgan fingerprint density at radius 3 is 2.45 bits per heavy atom. The summed E-state index contributed by atoms with van der Waals surface area (Å²) in [5.41, 5.74) is 3.38. The van der Waals surface area contributed by atoms with Crippen LogP contribution in [0.2, 0.25) is 0 Å². The normalized spacial score (nSPS) is 18.4. The number of likely N-dealkylation sites (tertiary alicyclic amines) is 1. The Morgan fingerprint density at radius 1 is 1.05 bits per heavy atom. The number of benzene rings is 1. The third kappa shape index (κ3) is 5.22. The van der Waals surface area contributed by atoms with Gasteiger partial charge in [-0.3, -0.25) is 9.48 Å². The van der Waals surface area contributed by atoms with Crippen LogP contribution in [0.4, 0.5) is 25.1 Å². The van der Waals surface area contributed by atoms with E-state index in [1.807, 2.05) is 25.7 Å². The molecule has 2 aromatic rings. The first-order valence-corrected chi connectivity index (χ1v) is 13.5. The van der Waals surface area contributed by atoms with Crippen molar-refractivity contribution in [2.24, 2.45) is 0 Å². The largest absolute Gasteiger partial charge is 0.444 e. The summed E-state index contributed by atoms with van der Waals surface area (Å²) in [6.45, 7) is 10.1. The van der Waals surface area contributed by atoms with Gasteiger partial charge < -0.3 is 19.4 Å². The van der Waals surface area contributed by atoms with Gasteiger partial charge in [0.2, 0.25) is 5.91 Å². The van der Waals surface area contributed by atoms with E-state index in [2.05, 4.69) is 9.58 Å². The Hall–Kier alpha value is -3.17. The molecule has 4 heterocycles. The van der Waals surface area contributed by atoms with Crippen LogP contribution < -0.4 is 4.90 Å². The van der Waals surface area contributed by atoms with Crippen LogP contribution in [0.25, 0.3) is 0 Å². The SMILES string of the molecule is CC(=O)N1CCc2c(c(N3CCCc4ccc(C(F)F)cc43)nn2C2CCN(C(=O)OC(C)(C)C)CC2)C1. The molecule has 3 aliphatic heterocycles. The molecule has 1 fully saturated rings. The number of alkyl halides is 2. The van der Waals surface area contributed by atoms with Gasteiger partial charge in [0.1, 0.15) is 5.60 Å². The number of carbonyl (C=O) groups excluding carboxylic acids is 2. The third-order valence-electron chi connectivity index (χ3n) is 7.71. The molecule has 0 saturated carbocycles. The van der Waals surface area contributed by atoms with Gasteiger partial charge in [-0.05, 0) is 58.1 Å². The lowest BCUT2D eigenvalue weighted by Crippen LogP contribution is -2.42. The van der Waals surface area contributed by atoms with Gasteiger partial charge in [-0.15, -0.1) is 0 Å². The molecule has 38 heavy (non-hydrogen) atoms. The molecule has 0 radical (unpaired) electrons. The van der Waals surface area contributed by atoms with Crippen molar-refractivity contribution < 1.29 is 23.1 Å². The highest BCUT2D eigenvalue weighted by Crippen LogP contribution is 2.40. The molecule has 10 heteroatoms. The van der Waals surface area contributed by atoms with Crippen LogP contribution in [0.1, 0.15) is 81.8 Å². The number of piperidine rings is 1. The van der Waals surface area contributed by atoms with Crippen molar-refractivity contribution >= 4 is 23.5 Å². The summed E-state index contributed by atoms with van der Waals surface area (Å²) in [7, 11) is 0. The zero-order valence-corrected chi connectivity index (χ0v) is 22.7. The van der Waals surface area contributed by atoms with Crippen LogP contribution in [0.15, 0.2) is 18.2 Å². The zero-order chi connectivity index (χ0) is 27.2. The Morgan fingerprint density at radius 2 is 1.79 bits per heavy atom. The average Bonchev–Trinajstić information content (AvgIpc) is 3.25. The fraction of sp³-hybridized carbons (Fsp3) is 0.607. The molecule has 0 unspecified atom stereocenters. The first kappa shape index (κ1) is 26.4. The first-order valence-electron chi connectivity index (χ1n) is 13.5. The highest BCUT2D eigenvalue weighted by atomic mass is 19.3. The van der Waals surface area contributed by atoms with Crippen LogP contribution >= 0.6 is 0 Å². The molecule has 0 spiro atoms. The minimum atomic E-state index is -2.54. The number of halogens is 2. The van der Waals surface area contributed by atoms with Gasteiger partial charge in [-0.25, -0.2) is 13.6 Å². The van der Waals surface area contributed by atoms with Gasteiger partial charge in [0, 0.05) is 62.0 Å². The molecular weight excluding hydrogens is 492 g/mol. The Labute approximate surface area is 222 Å². The summed E-state index contributed by atoms with van der Waals surface area (Å²) in [5.74, 6) is 0.770. The van der Waals surface area contributed by atoms with Gasteiger partial charge in [0.15, 0.2) is 5.82 Å². The minimum absolute atomic E-state index is 0.00354. The van der Waals surface area contributed by atoms with Gasteiger partial charge >= 0.3 is 6.09 Å². The number of carbonyl (C=O) groups is 2. The van der Waals surface area contributed by atoms with E-state index >= 15 is 0 Å². The number of anilines is 2. The van der Waals surface area contributed by atoms with Crippen molar-refractivity contribution in [3.8, 4) is 0 Å². The maximum absolute atomic E-state index is 13.6. The molecule has 1 aromatic heterocycles. The van der Waals surface area contributed by atoms with E-state index in [0.29, 0.717) is 39.1 Å². The second-order valence-corrected chi connectivity index (χ2v) is 11.5. The van der Waals surface area contributed by atoms with E-state index in [4.69, 9.17) is 9.84 Å². The second-order valence-electron chi connectivity index (χ2n) is 11.5. The predicted octanol–water partition coefficient (Wildman–Crippen LogP) is 5.38. The topological polar surface area (TPSA) is 70.9 Å². The monoisotopic (exact) mass is 529 g/mol. The van der Waals surface area contributed by atoms with Crippen LogP contribution in [-0.2, 0) is 28.9 Å². The average molecular weight is 530 g/mol. The summed E-state index contributed by atoms with van der Waals surface area (Å²) in [4.78, 5) is 30.5. The molecule has 0 N–H and O–H groups in total. The van der Waals surface area contributed by atoms with Crippen LogP contribution in [0.5, 0.6) is 0 Å². The van der Waals surface area contributed by atoms with E-state index in [1.165, 1.54) is 6.07 Å². The molecule has 0 aliphatic carbocycles. The summed E-state index contributed by atoms with van der Waals surface area (Å²) in [5, 5.41) is 5.12. The maximum Gasteiger partial charge on any atom is 0.410 e. The number of aryl methyl sites for hydroxylation is 1. The number of hydrogen-bond acceptors (Lipinski definition) is 5. The zero-order valence-electron chi connectivity index (χ0n) is 22.7. The van der Waals surface area contributed by atoms with Gasteiger partial charge in [0.05, 0.1) is 12.6 Å². The lowest BCUT2D eigenvalue weighted by Gasteiger charge is -2.34. The fourth-order valence-corrected chi connectivity index (χ4v) is 5.78. The molecule has 2 amide bonds. The summed E-state index contributed by atoms with van der Waals surface area (Å²) in [6.07, 6.45) is 1.07. The Balaban J connectivity index is 1.47. The van der Waals surface area contributed by atoms with Crippen molar-refractivity contribution in [3.05, 3.63) is 40.6 Å². The van der Waals surface area contributed by atoms with E-state index < -0.39 is 12.0 Å². The number of ether oxygens (including phenoxy) is 1. The third-order valence-corrected chi connectivity index (χ3v) is 7.71. The molecule has 0 bridgehead atoms. The molecule has 5 rings (SSSR count). The van der Waals surface area contributed by atoms with Crippen LogP contribution in [-0.4, -0.2) is 63.4 Å². The molecule has 206 valence electrons. The lowest BCUT2D eigenvalue weighted by molar-refractivity contribution is -0.129. The first-order chi connectivity index (χ1) is 18.0. The summed E-state index contributed by atoms with van der Waals surface area (Å²) >= 11 is 0. The molecule has 1 aromatic carbocycles. The van der Waals surface area contributed by atoms with Crippen LogP contribution in [0, 0.1) is 0 Å². The number of hydrogen-bond donors (Lipinski definition) is 0. The molecular formula is C28H37F2N5O3. The number of amides is 2. The van der Waals surface area contributed by atoms with E-state index in [0.717, 1.165) is 54.0 Å². The van der Waals surface area contributed by atoms with Crippen molar-refractivity contribution in [2.75, 3.05) is 31.1 Å². The quantitative estimate of drug-likeness (QED) is 0.534. The Bertz CT molecular complexity index is 1210.